The van der Waals surface area contributed by atoms with E-state index < -0.39 is 11.8 Å². The van der Waals surface area contributed by atoms with E-state index in [0.717, 1.165) is 16.9 Å². The number of Topliss-reactive ketones (excluding diaryl/α,β-unsaturated/α-hetero) is 1. The number of ketones is 1. The molecule has 2 aliphatic heterocycles. The van der Waals surface area contributed by atoms with E-state index in [1.54, 1.807) is 11.0 Å². The number of nitrogens with zero attached hydrogens (tertiary/aromatic N) is 2. The van der Waals surface area contributed by atoms with Gasteiger partial charge in [0.25, 0.3) is 5.91 Å². The molecule has 2 atom stereocenters. The van der Waals surface area contributed by atoms with E-state index in [1.165, 1.54) is 0 Å². The van der Waals surface area contributed by atoms with Crippen molar-refractivity contribution in [2.75, 3.05) is 31.1 Å². The summed E-state index contributed by atoms with van der Waals surface area (Å²) < 4.78 is 0. The van der Waals surface area contributed by atoms with Crippen LogP contribution in [-0.2, 0) is 9.59 Å². The van der Waals surface area contributed by atoms with Crippen molar-refractivity contribution in [2.24, 2.45) is 5.92 Å². The maximum Gasteiger partial charge on any atom is 0.290 e. The van der Waals surface area contributed by atoms with Gasteiger partial charge in [0, 0.05) is 53.7 Å². The highest BCUT2D eigenvalue weighted by Gasteiger charge is 2.36. The summed E-state index contributed by atoms with van der Waals surface area (Å²) in [7, 11) is 0. The molecule has 2 unspecified atom stereocenters. The van der Waals surface area contributed by atoms with Crippen molar-refractivity contribution in [3.8, 4) is 0 Å². The highest BCUT2D eigenvalue weighted by Crippen LogP contribution is 2.28. The van der Waals surface area contributed by atoms with Crippen LogP contribution in [0, 0.1) is 5.92 Å². The molecule has 2 aromatic rings. The minimum atomic E-state index is -0.461. The number of halogens is 2. The number of amides is 1. The van der Waals surface area contributed by atoms with Gasteiger partial charge in [-0.15, -0.1) is 0 Å². The number of carbonyl (C=O) groups excluding carboxylic acids is 2. The molecule has 0 aromatic heterocycles. The first-order valence-corrected chi connectivity index (χ1v) is 10.8. The third kappa shape index (κ3) is 4.32. The Labute approximate surface area is 186 Å². The Balaban J connectivity index is 1.40. The molecule has 1 saturated heterocycles. The van der Waals surface area contributed by atoms with Crippen LogP contribution < -0.4 is 10.2 Å². The van der Waals surface area contributed by atoms with Gasteiger partial charge in [-0.1, -0.05) is 53.5 Å². The SMILES string of the molecule is CC1NC(c2ccccc2)=CC1C(=O)C(=O)N1CCN(c2cc(Cl)cc(Cl)c2)CC1. The van der Waals surface area contributed by atoms with E-state index in [2.05, 4.69) is 10.2 Å². The smallest absolute Gasteiger partial charge is 0.290 e. The normalized spacial score (nSPS) is 21.2. The van der Waals surface area contributed by atoms with Gasteiger partial charge in [-0.05, 0) is 36.8 Å². The average molecular weight is 444 g/mol. The number of rotatable bonds is 4. The van der Waals surface area contributed by atoms with Crippen LogP contribution in [0.5, 0.6) is 0 Å². The predicted octanol–water partition coefficient (Wildman–Crippen LogP) is 3.86. The molecule has 5 nitrogen and oxygen atoms in total. The molecule has 0 spiro atoms. The summed E-state index contributed by atoms with van der Waals surface area (Å²) in [4.78, 5) is 29.6. The lowest BCUT2D eigenvalue weighted by atomic mass is 9.97. The zero-order valence-electron chi connectivity index (χ0n) is 16.6. The fourth-order valence-electron chi connectivity index (χ4n) is 4.00. The van der Waals surface area contributed by atoms with Gasteiger partial charge in [0.05, 0.1) is 5.92 Å². The van der Waals surface area contributed by atoms with Crippen LogP contribution in [-0.4, -0.2) is 48.8 Å². The Kier molecular flexibility index (Phi) is 6.02. The molecule has 0 radical (unpaired) electrons. The lowest BCUT2D eigenvalue weighted by Gasteiger charge is -2.36. The zero-order valence-corrected chi connectivity index (χ0v) is 18.2. The van der Waals surface area contributed by atoms with Gasteiger partial charge < -0.3 is 15.1 Å². The van der Waals surface area contributed by atoms with Crippen molar-refractivity contribution >= 4 is 46.3 Å². The van der Waals surface area contributed by atoms with E-state index in [4.69, 9.17) is 23.2 Å². The molecule has 7 heteroatoms. The molecule has 4 rings (SSSR count). The number of hydrogen-bond acceptors (Lipinski definition) is 4. The van der Waals surface area contributed by atoms with Gasteiger partial charge in [-0.2, -0.15) is 0 Å². The Morgan fingerprint density at radius 1 is 0.967 bits per heavy atom. The van der Waals surface area contributed by atoms with Crippen molar-refractivity contribution in [1.29, 1.82) is 0 Å². The summed E-state index contributed by atoms with van der Waals surface area (Å²) >= 11 is 12.2. The van der Waals surface area contributed by atoms with Gasteiger partial charge in [0.15, 0.2) is 0 Å². The largest absolute Gasteiger partial charge is 0.381 e. The average Bonchev–Trinajstić information content (AvgIpc) is 3.14. The molecule has 0 saturated carbocycles. The summed E-state index contributed by atoms with van der Waals surface area (Å²) in [5, 5.41) is 4.49. The Hall–Kier alpha value is -2.50. The number of hydrogen-bond donors (Lipinski definition) is 1. The molecule has 0 bridgehead atoms. The highest BCUT2D eigenvalue weighted by molar-refractivity contribution is 6.37. The van der Waals surface area contributed by atoms with E-state index in [9.17, 15) is 9.59 Å². The van der Waals surface area contributed by atoms with Gasteiger partial charge in [-0.25, -0.2) is 0 Å². The molecule has 2 aromatic carbocycles. The number of anilines is 1. The molecule has 1 amide bonds. The molecule has 2 aliphatic rings. The van der Waals surface area contributed by atoms with Crippen LogP contribution in [0.1, 0.15) is 12.5 Å². The van der Waals surface area contributed by atoms with Gasteiger partial charge in [0.2, 0.25) is 5.78 Å². The third-order valence-electron chi connectivity index (χ3n) is 5.65. The first-order valence-electron chi connectivity index (χ1n) is 10.0. The lowest BCUT2D eigenvalue weighted by molar-refractivity contribution is -0.146. The molecular weight excluding hydrogens is 421 g/mol. The summed E-state index contributed by atoms with van der Waals surface area (Å²) in [6, 6.07) is 15.1. The van der Waals surface area contributed by atoms with Crippen LogP contribution in [0.15, 0.2) is 54.6 Å². The number of benzene rings is 2. The lowest BCUT2D eigenvalue weighted by Crippen LogP contribution is -2.52. The maximum atomic E-state index is 12.9. The molecule has 1 N–H and O–H groups in total. The standard InChI is InChI=1S/C23H23Cl2N3O2/c1-15-20(14-21(26-15)16-5-3-2-4-6-16)22(29)23(30)28-9-7-27(8-10-28)19-12-17(24)11-18(25)13-19/h2-6,11-15,20,26H,7-10H2,1H3. The monoisotopic (exact) mass is 443 g/mol. The van der Waals surface area contributed by atoms with E-state index in [1.807, 2.05) is 55.5 Å². The van der Waals surface area contributed by atoms with Crippen LogP contribution in [0.2, 0.25) is 10.0 Å². The van der Waals surface area contributed by atoms with Crippen molar-refractivity contribution < 1.29 is 9.59 Å². The van der Waals surface area contributed by atoms with Gasteiger partial charge in [-0.3, -0.25) is 9.59 Å². The summed E-state index contributed by atoms with van der Waals surface area (Å²) in [5.74, 6) is -1.24. The van der Waals surface area contributed by atoms with Gasteiger partial charge >= 0.3 is 0 Å². The molecule has 30 heavy (non-hydrogen) atoms. The summed E-state index contributed by atoms with van der Waals surface area (Å²) in [6.45, 7) is 4.15. The van der Waals surface area contributed by atoms with Crippen molar-refractivity contribution in [3.63, 3.8) is 0 Å². The second-order valence-electron chi connectivity index (χ2n) is 7.68. The number of nitrogens with one attached hydrogen (secondary N) is 1. The Morgan fingerprint density at radius 2 is 1.60 bits per heavy atom. The number of piperazine rings is 1. The summed E-state index contributed by atoms with van der Waals surface area (Å²) in [6.07, 6.45) is 1.88. The van der Waals surface area contributed by atoms with Crippen LogP contribution >= 0.6 is 23.2 Å². The minimum absolute atomic E-state index is 0.119. The second kappa shape index (κ2) is 8.70. The Bertz CT molecular complexity index is 965. The predicted molar refractivity (Wildman–Crippen MR) is 121 cm³/mol. The van der Waals surface area contributed by atoms with Crippen molar-refractivity contribution in [2.45, 2.75) is 13.0 Å². The maximum absolute atomic E-state index is 12.9. The number of carbonyl (C=O) groups is 2. The second-order valence-corrected chi connectivity index (χ2v) is 8.55. The quantitative estimate of drug-likeness (QED) is 0.728. The molecule has 2 heterocycles. The topological polar surface area (TPSA) is 52.7 Å². The fourth-order valence-corrected chi connectivity index (χ4v) is 4.51. The van der Waals surface area contributed by atoms with E-state index in [-0.39, 0.29) is 11.8 Å². The highest BCUT2D eigenvalue weighted by atomic mass is 35.5. The zero-order chi connectivity index (χ0) is 21.3. The van der Waals surface area contributed by atoms with Crippen LogP contribution in [0.4, 0.5) is 5.69 Å². The molecule has 0 aliphatic carbocycles. The Morgan fingerprint density at radius 3 is 2.23 bits per heavy atom. The first kappa shape index (κ1) is 20.8. The first-order chi connectivity index (χ1) is 14.4. The van der Waals surface area contributed by atoms with E-state index >= 15 is 0 Å². The van der Waals surface area contributed by atoms with Crippen LogP contribution in [0.25, 0.3) is 5.70 Å². The fraction of sp³-hybridized carbons (Fsp3) is 0.304. The minimum Gasteiger partial charge on any atom is -0.381 e. The van der Waals surface area contributed by atoms with Gasteiger partial charge in [0.1, 0.15) is 0 Å². The summed E-state index contributed by atoms with van der Waals surface area (Å²) in [5.41, 5.74) is 2.84. The van der Waals surface area contributed by atoms with E-state index in [0.29, 0.717) is 36.2 Å². The molecule has 1 fully saturated rings. The molecule has 156 valence electrons. The van der Waals surface area contributed by atoms with Crippen molar-refractivity contribution in [1.82, 2.24) is 10.2 Å². The van der Waals surface area contributed by atoms with Crippen molar-refractivity contribution in [3.05, 3.63) is 70.2 Å². The van der Waals surface area contributed by atoms with Crippen LogP contribution in [0.3, 0.4) is 0 Å². The third-order valence-corrected chi connectivity index (χ3v) is 6.08. The molecular formula is C23H23Cl2N3O2.